The molecule has 0 aromatic rings. The Kier molecular flexibility index (Phi) is 49.3. The van der Waals surface area contributed by atoms with Crippen molar-refractivity contribution in [3.05, 3.63) is 0 Å². The molecule has 0 aromatic heterocycles. The minimum Gasteiger partial charge on any atom is -0.463 e. The van der Waals surface area contributed by atoms with Gasteiger partial charge >= 0.3 is 5.97 Å². The van der Waals surface area contributed by atoms with Gasteiger partial charge in [-0.15, -0.1) is 0 Å². The highest BCUT2D eigenvalue weighted by atomic mass is 16.6. The van der Waals surface area contributed by atoms with Crippen LogP contribution in [0, 0.1) is 0 Å². The Balaban J connectivity index is 3.13. The first-order valence-electron chi connectivity index (χ1n) is 22.2. The molecule has 0 spiro atoms. The second-order valence-corrected chi connectivity index (χ2v) is 14.0. The third-order valence-electron chi connectivity index (χ3n) is 8.50. The fraction of sp³-hybridized carbons (Fsp3) is 0.977. The SMILES string of the molecule is CCCCCCCCCCCCCCCCCC(=O)OCCOCCOCCOCCOCCOCCOCCOCCOCCOCCOCCOC(C)C. The van der Waals surface area contributed by atoms with E-state index in [0.717, 1.165) is 12.8 Å². The summed E-state index contributed by atoms with van der Waals surface area (Å²) in [6, 6.07) is 0. The summed E-state index contributed by atoms with van der Waals surface area (Å²) in [7, 11) is 0. The molecule has 0 aliphatic carbocycles. The maximum absolute atomic E-state index is 11.9. The number of hydrogen-bond acceptors (Lipinski definition) is 13. The number of rotatable bonds is 50. The summed E-state index contributed by atoms with van der Waals surface area (Å²) in [4.78, 5) is 11.9. The van der Waals surface area contributed by atoms with Crippen molar-refractivity contribution in [3.8, 4) is 0 Å². The predicted molar refractivity (Wildman–Crippen MR) is 220 cm³/mol. The molecule has 56 heavy (non-hydrogen) atoms. The minimum atomic E-state index is -0.130. The summed E-state index contributed by atoms with van der Waals surface area (Å²) in [6.07, 6.45) is 20.5. The van der Waals surface area contributed by atoms with Crippen molar-refractivity contribution in [1.29, 1.82) is 0 Å². The Labute approximate surface area is 342 Å². The van der Waals surface area contributed by atoms with Crippen LogP contribution in [0.3, 0.4) is 0 Å². The molecule has 0 saturated carbocycles. The average molecular weight is 811 g/mol. The Morgan fingerprint density at radius 3 is 0.821 bits per heavy atom. The monoisotopic (exact) mass is 811 g/mol. The molecular formula is C43H86O13. The molecule has 0 atom stereocenters. The quantitative estimate of drug-likeness (QED) is 0.0448. The fourth-order valence-electron chi connectivity index (χ4n) is 5.35. The average Bonchev–Trinajstić information content (AvgIpc) is 3.19. The maximum Gasteiger partial charge on any atom is 0.305 e. The molecule has 13 heteroatoms. The number of unbranched alkanes of at least 4 members (excludes halogenated alkanes) is 14. The minimum absolute atomic E-state index is 0.130. The van der Waals surface area contributed by atoms with Crippen molar-refractivity contribution in [2.45, 2.75) is 130 Å². The van der Waals surface area contributed by atoms with E-state index in [1.807, 2.05) is 13.8 Å². The van der Waals surface area contributed by atoms with Crippen molar-refractivity contribution in [2.75, 3.05) is 145 Å². The maximum atomic E-state index is 11.9. The molecule has 0 aliphatic heterocycles. The van der Waals surface area contributed by atoms with Crippen LogP contribution in [0.1, 0.15) is 124 Å². The first-order valence-corrected chi connectivity index (χ1v) is 22.2. The van der Waals surface area contributed by atoms with E-state index in [1.54, 1.807) is 0 Å². The molecule has 0 unspecified atom stereocenters. The highest BCUT2D eigenvalue weighted by Crippen LogP contribution is 2.14. The molecule has 0 bridgehead atoms. The van der Waals surface area contributed by atoms with Gasteiger partial charge in [-0.1, -0.05) is 96.8 Å². The van der Waals surface area contributed by atoms with E-state index in [-0.39, 0.29) is 18.7 Å². The first-order chi connectivity index (χ1) is 27.7. The van der Waals surface area contributed by atoms with E-state index in [2.05, 4.69) is 6.92 Å². The van der Waals surface area contributed by atoms with Crippen molar-refractivity contribution in [1.82, 2.24) is 0 Å². The van der Waals surface area contributed by atoms with E-state index in [1.165, 1.54) is 83.5 Å². The number of carbonyl (C=O) groups is 1. The van der Waals surface area contributed by atoms with Crippen LogP contribution in [-0.4, -0.2) is 157 Å². The lowest BCUT2D eigenvalue weighted by atomic mass is 10.0. The first kappa shape index (κ1) is 55.0. The van der Waals surface area contributed by atoms with E-state index in [4.69, 9.17) is 56.8 Å². The van der Waals surface area contributed by atoms with Gasteiger partial charge in [-0.25, -0.2) is 0 Å². The highest BCUT2D eigenvalue weighted by Gasteiger charge is 2.03. The molecule has 0 aromatic carbocycles. The Bertz CT molecular complexity index is 732. The van der Waals surface area contributed by atoms with Gasteiger partial charge in [0.25, 0.3) is 0 Å². The molecule has 13 nitrogen and oxygen atoms in total. The smallest absolute Gasteiger partial charge is 0.305 e. The van der Waals surface area contributed by atoms with E-state index >= 15 is 0 Å². The van der Waals surface area contributed by atoms with Crippen molar-refractivity contribution in [3.63, 3.8) is 0 Å². The molecule has 0 N–H and O–H groups in total. The zero-order chi connectivity index (χ0) is 40.5. The van der Waals surface area contributed by atoms with Crippen LogP contribution < -0.4 is 0 Å². The number of esters is 1. The van der Waals surface area contributed by atoms with E-state index < -0.39 is 0 Å². The van der Waals surface area contributed by atoms with Crippen LogP contribution >= 0.6 is 0 Å². The van der Waals surface area contributed by atoms with Crippen molar-refractivity contribution in [2.24, 2.45) is 0 Å². The van der Waals surface area contributed by atoms with Crippen LogP contribution in [0.5, 0.6) is 0 Å². The van der Waals surface area contributed by atoms with Gasteiger partial charge < -0.3 is 56.8 Å². The lowest BCUT2D eigenvalue weighted by Gasteiger charge is -2.09. The Hall–Kier alpha value is -0.970. The van der Waals surface area contributed by atoms with Crippen LogP contribution in [0.15, 0.2) is 0 Å². The lowest BCUT2D eigenvalue weighted by Crippen LogP contribution is -2.16. The van der Waals surface area contributed by atoms with E-state index in [9.17, 15) is 4.79 Å². The molecule has 0 saturated heterocycles. The van der Waals surface area contributed by atoms with Gasteiger partial charge in [0.15, 0.2) is 0 Å². The van der Waals surface area contributed by atoms with Gasteiger partial charge in [-0.2, -0.15) is 0 Å². The highest BCUT2D eigenvalue weighted by molar-refractivity contribution is 5.69. The summed E-state index contributed by atoms with van der Waals surface area (Å²) in [5, 5.41) is 0. The van der Waals surface area contributed by atoms with Gasteiger partial charge in [0.2, 0.25) is 0 Å². The van der Waals surface area contributed by atoms with Crippen molar-refractivity contribution < 1.29 is 61.6 Å². The summed E-state index contributed by atoms with van der Waals surface area (Å²) in [6.45, 7) is 17.3. The molecule has 0 radical (unpaired) electrons. The number of hydrogen-bond donors (Lipinski definition) is 0. The Morgan fingerprint density at radius 1 is 0.321 bits per heavy atom. The second-order valence-electron chi connectivity index (χ2n) is 14.0. The molecular weight excluding hydrogens is 724 g/mol. The van der Waals surface area contributed by atoms with Gasteiger partial charge in [-0.05, 0) is 20.3 Å². The summed E-state index contributed by atoms with van der Waals surface area (Å²) in [5.41, 5.74) is 0. The van der Waals surface area contributed by atoms with Crippen LogP contribution in [0.2, 0.25) is 0 Å². The van der Waals surface area contributed by atoms with Crippen LogP contribution in [0.4, 0.5) is 0 Å². The number of ether oxygens (including phenoxy) is 12. The van der Waals surface area contributed by atoms with Gasteiger partial charge in [0.05, 0.1) is 145 Å². The van der Waals surface area contributed by atoms with E-state index in [0.29, 0.717) is 145 Å². The fourth-order valence-corrected chi connectivity index (χ4v) is 5.35. The molecule has 0 aliphatic rings. The normalized spacial score (nSPS) is 11.6. The molecule has 0 fully saturated rings. The summed E-state index contributed by atoms with van der Waals surface area (Å²) in [5.74, 6) is -0.130. The number of carbonyl (C=O) groups excluding carboxylic acids is 1. The second kappa shape index (κ2) is 50.2. The van der Waals surface area contributed by atoms with Crippen molar-refractivity contribution >= 4 is 5.97 Å². The third kappa shape index (κ3) is 51.0. The summed E-state index contributed by atoms with van der Waals surface area (Å²) < 4.78 is 65.5. The molecule has 0 amide bonds. The lowest BCUT2D eigenvalue weighted by molar-refractivity contribution is -0.145. The zero-order valence-corrected chi connectivity index (χ0v) is 36.3. The molecule has 0 heterocycles. The standard InChI is InChI=1S/C43H86O13/c1-4-5-6-7-8-9-10-11-12-13-14-15-16-17-18-19-43(44)56-41-39-54-37-35-52-33-31-50-29-27-48-25-23-46-21-20-45-22-24-47-26-28-49-30-32-51-34-36-53-38-40-55-42(2)3/h42H,4-41H2,1-3H3. The van der Waals surface area contributed by atoms with Crippen LogP contribution in [-0.2, 0) is 61.6 Å². The predicted octanol–water partition coefficient (Wildman–Crippen LogP) is 7.38. The topological polar surface area (TPSA) is 128 Å². The third-order valence-corrected chi connectivity index (χ3v) is 8.50. The van der Waals surface area contributed by atoms with Gasteiger partial charge in [0.1, 0.15) is 6.61 Å². The van der Waals surface area contributed by atoms with Gasteiger partial charge in [-0.3, -0.25) is 4.79 Å². The summed E-state index contributed by atoms with van der Waals surface area (Å²) >= 11 is 0. The van der Waals surface area contributed by atoms with Gasteiger partial charge in [0, 0.05) is 6.42 Å². The zero-order valence-electron chi connectivity index (χ0n) is 36.3. The largest absolute Gasteiger partial charge is 0.463 e. The molecule has 0 rings (SSSR count). The molecule has 336 valence electrons. The Morgan fingerprint density at radius 2 is 0.554 bits per heavy atom. The van der Waals surface area contributed by atoms with Crippen LogP contribution in [0.25, 0.3) is 0 Å².